The molecule has 0 saturated carbocycles. The van der Waals surface area contributed by atoms with E-state index in [0.29, 0.717) is 11.8 Å². The van der Waals surface area contributed by atoms with Crippen molar-refractivity contribution in [2.24, 2.45) is 0 Å². The summed E-state index contributed by atoms with van der Waals surface area (Å²) in [7, 11) is 0. The molecule has 19 heavy (non-hydrogen) atoms. The summed E-state index contributed by atoms with van der Waals surface area (Å²) in [5, 5.41) is 0.207. The van der Waals surface area contributed by atoms with Crippen LogP contribution in [0.25, 0.3) is 11.0 Å². The molecule has 2 heterocycles. The van der Waals surface area contributed by atoms with Gasteiger partial charge >= 0.3 is 0 Å². The molecule has 0 N–H and O–H groups in total. The number of imidazole rings is 1. The van der Waals surface area contributed by atoms with E-state index in [1.807, 2.05) is 47.0 Å². The molecule has 0 aliphatic carbocycles. The van der Waals surface area contributed by atoms with Crippen LogP contribution in [0.4, 0.5) is 0 Å². The van der Waals surface area contributed by atoms with E-state index >= 15 is 0 Å². The minimum Gasteiger partial charge on any atom is -0.313 e. The second-order valence-electron chi connectivity index (χ2n) is 4.20. The van der Waals surface area contributed by atoms with E-state index in [1.165, 1.54) is 0 Å². The SMILES string of the molecule is Clc1nc2ccccc2n1CC(Cl)c1ccccn1. The van der Waals surface area contributed by atoms with Crippen LogP contribution >= 0.6 is 23.2 Å². The van der Waals surface area contributed by atoms with Gasteiger partial charge in [0.25, 0.3) is 0 Å². The Morgan fingerprint density at radius 3 is 2.68 bits per heavy atom. The minimum atomic E-state index is -0.240. The average Bonchev–Trinajstić information content (AvgIpc) is 2.76. The monoisotopic (exact) mass is 291 g/mol. The number of rotatable bonds is 3. The van der Waals surface area contributed by atoms with Crippen molar-refractivity contribution < 1.29 is 0 Å². The van der Waals surface area contributed by atoms with Gasteiger partial charge in [0.15, 0.2) is 0 Å². The van der Waals surface area contributed by atoms with Crippen LogP contribution in [0.3, 0.4) is 0 Å². The van der Waals surface area contributed by atoms with Crippen molar-refractivity contribution in [1.82, 2.24) is 14.5 Å². The molecule has 5 heteroatoms. The predicted molar refractivity (Wildman–Crippen MR) is 77.6 cm³/mol. The highest BCUT2D eigenvalue weighted by Gasteiger charge is 2.14. The van der Waals surface area contributed by atoms with Crippen LogP contribution in [-0.4, -0.2) is 14.5 Å². The summed E-state index contributed by atoms with van der Waals surface area (Å²) in [4.78, 5) is 8.57. The largest absolute Gasteiger partial charge is 0.313 e. The smallest absolute Gasteiger partial charge is 0.203 e. The van der Waals surface area contributed by atoms with E-state index in [4.69, 9.17) is 23.2 Å². The van der Waals surface area contributed by atoms with Gasteiger partial charge in [0.05, 0.1) is 22.1 Å². The molecule has 0 bridgehead atoms. The van der Waals surface area contributed by atoms with Crippen LogP contribution in [-0.2, 0) is 6.54 Å². The van der Waals surface area contributed by atoms with Gasteiger partial charge in [0, 0.05) is 12.7 Å². The maximum atomic E-state index is 6.40. The summed E-state index contributed by atoms with van der Waals surface area (Å²) >= 11 is 12.6. The van der Waals surface area contributed by atoms with E-state index in [-0.39, 0.29) is 5.38 Å². The lowest BCUT2D eigenvalue weighted by atomic mass is 10.2. The highest BCUT2D eigenvalue weighted by atomic mass is 35.5. The maximum Gasteiger partial charge on any atom is 0.203 e. The molecular formula is C14H11Cl2N3. The lowest BCUT2D eigenvalue weighted by Crippen LogP contribution is -2.05. The number of fused-ring (bicyclic) bond motifs is 1. The van der Waals surface area contributed by atoms with Gasteiger partial charge < -0.3 is 4.57 Å². The molecule has 0 radical (unpaired) electrons. The van der Waals surface area contributed by atoms with Gasteiger partial charge in [-0.05, 0) is 35.9 Å². The van der Waals surface area contributed by atoms with Crippen molar-refractivity contribution in [3.63, 3.8) is 0 Å². The Kier molecular flexibility index (Phi) is 3.40. The lowest BCUT2D eigenvalue weighted by Gasteiger charge is -2.11. The third kappa shape index (κ3) is 2.44. The number of benzene rings is 1. The minimum absolute atomic E-state index is 0.240. The van der Waals surface area contributed by atoms with Crippen LogP contribution in [0, 0.1) is 0 Å². The summed E-state index contributed by atoms with van der Waals surface area (Å²) < 4.78 is 1.91. The van der Waals surface area contributed by atoms with E-state index in [1.54, 1.807) is 6.20 Å². The number of nitrogens with zero attached hydrogens (tertiary/aromatic N) is 3. The first kappa shape index (κ1) is 12.5. The van der Waals surface area contributed by atoms with Crippen LogP contribution in [0.2, 0.25) is 5.28 Å². The van der Waals surface area contributed by atoms with E-state index in [0.717, 1.165) is 16.7 Å². The number of hydrogen-bond acceptors (Lipinski definition) is 2. The highest BCUT2D eigenvalue weighted by Crippen LogP contribution is 2.26. The topological polar surface area (TPSA) is 30.7 Å². The van der Waals surface area contributed by atoms with E-state index < -0.39 is 0 Å². The van der Waals surface area contributed by atoms with Gasteiger partial charge in [0.2, 0.25) is 5.28 Å². The molecule has 1 aromatic carbocycles. The molecule has 2 aromatic heterocycles. The second kappa shape index (κ2) is 5.19. The first-order valence-corrected chi connectivity index (χ1v) is 6.73. The Hall–Kier alpha value is -1.58. The number of hydrogen-bond donors (Lipinski definition) is 0. The van der Waals surface area contributed by atoms with Gasteiger partial charge in [-0.1, -0.05) is 18.2 Å². The fraction of sp³-hybridized carbons (Fsp3) is 0.143. The van der Waals surface area contributed by atoms with Gasteiger partial charge in [-0.2, -0.15) is 0 Å². The Morgan fingerprint density at radius 2 is 1.89 bits per heavy atom. The van der Waals surface area contributed by atoms with Gasteiger partial charge in [0.1, 0.15) is 0 Å². The summed E-state index contributed by atoms with van der Waals surface area (Å²) in [6.45, 7) is 0.540. The van der Waals surface area contributed by atoms with Gasteiger partial charge in [-0.15, -0.1) is 11.6 Å². The van der Waals surface area contributed by atoms with Crippen molar-refractivity contribution in [1.29, 1.82) is 0 Å². The molecule has 1 atom stereocenters. The third-order valence-corrected chi connectivity index (χ3v) is 3.61. The first-order chi connectivity index (χ1) is 9.25. The van der Waals surface area contributed by atoms with Crippen LogP contribution in [0.1, 0.15) is 11.1 Å². The first-order valence-electron chi connectivity index (χ1n) is 5.91. The number of aromatic nitrogens is 3. The van der Waals surface area contributed by atoms with E-state index in [2.05, 4.69) is 9.97 Å². The third-order valence-electron chi connectivity index (χ3n) is 2.96. The van der Waals surface area contributed by atoms with Crippen molar-refractivity contribution in [2.45, 2.75) is 11.9 Å². The molecule has 3 nitrogen and oxygen atoms in total. The standard InChI is InChI=1S/C14H11Cl2N3/c15-10(11-5-3-4-8-17-11)9-19-13-7-2-1-6-12(13)18-14(19)16/h1-8,10H,9H2. The molecule has 1 unspecified atom stereocenters. The quantitative estimate of drug-likeness (QED) is 0.681. The number of alkyl halides is 1. The zero-order chi connectivity index (χ0) is 13.2. The summed E-state index contributed by atoms with van der Waals surface area (Å²) in [6, 6.07) is 13.5. The zero-order valence-corrected chi connectivity index (χ0v) is 11.5. The fourth-order valence-electron chi connectivity index (χ4n) is 2.03. The second-order valence-corrected chi connectivity index (χ2v) is 5.07. The summed E-state index contributed by atoms with van der Waals surface area (Å²) in [6.07, 6.45) is 1.73. The molecule has 0 saturated heterocycles. The molecule has 3 aromatic rings. The van der Waals surface area contributed by atoms with Crippen LogP contribution in [0.5, 0.6) is 0 Å². The normalized spacial score (nSPS) is 12.7. The van der Waals surface area contributed by atoms with Crippen molar-refractivity contribution in [3.8, 4) is 0 Å². The summed E-state index contributed by atoms with van der Waals surface area (Å²) in [5.41, 5.74) is 2.68. The van der Waals surface area contributed by atoms with Crippen LogP contribution in [0.15, 0.2) is 48.7 Å². The molecule has 0 fully saturated rings. The van der Waals surface area contributed by atoms with Crippen molar-refractivity contribution in [2.75, 3.05) is 0 Å². The van der Waals surface area contributed by atoms with Gasteiger partial charge in [-0.25, -0.2) is 4.98 Å². The maximum absolute atomic E-state index is 6.40. The Morgan fingerprint density at radius 1 is 1.11 bits per heavy atom. The van der Waals surface area contributed by atoms with Crippen molar-refractivity contribution >= 4 is 34.2 Å². The molecule has 96 valence electrons. The number of para-hydroxylation sites is 2. The average molecular weight is 292 g/mol. The van der Waals surface area contributed by atoms with Gasteiger partial charge in [-0.3, -0.25) is 4.98 Å². The number of pyridine rings is 1. The lowest BCUT2D eigenvalue weighted by molar-refractivity contribution is 0.684. The Bertz CT molecular complexity index is 694. The van der Waals surface area contributed by atoms with E-state index in [9.17, 15) is 0 Å². The zero-order valence-electron chi connectivity index (χ0n) is 10.0. The Balaban J connectivity index is 1.95. The fourth-order valence-corrected chi connectivity index (χ4v) is 2.55. The molecule has 0 aliphatic rings. The summed E-state index contributed by atoms with van der Waals surface area (Å²) in [5.74, 6) is 0. The molecule has 0 spiro atoms. The highest BCUT2D eigenvalue weighted by molar-refractivity contribution is 6.29. The Labute approximate surface area is 120 Å². The molecule has 3 rings (SSSR count). The molecule has 0 amide bonds. The predicted octanol–water partition coefficient (Wildman–Crippen LogP) is 4.06. The molecular weight excluding hydrogens is 281 g/mol. The van der Waals surface area contributed by atoms with Crippen LogP contribution < -0.4 is 0 Å². The van der Waals surface area contributed by atoms with Crippen molar-refractivity contribution in [3.05, 3.63) is 59.6 Å². The molecule has 0 aliphatic heterocycles. The number of halogens is 2.